The van der Waals surface area contributed by atoms with Crippen LogP contribution in [0.3, 0.4) is 0 Å². The van der Waals surface area contributed by atoms with Crippen molar-refractivity contribution >= 4 is 33.4 Å². The number of allylic oxidation sites excluding steroid dienone is 2. The van der Waals surface area contributed by atoms with Crippen molar-refractivity contribution in [3.05, 3.63) is 40.3 Å². The molecule has 1 aliphatic rings. The molecule has 6 nitrogen and oxygen atoms in total. The topological polar surface area (TPSA) is 115 Å². The third-order valence-corrected chi connectivity index (χ3v) is 4.61. The van der Waals surface area contributed by atoms with Crippen molar-refractivity contribution in [2.75, 3.05) is 12.4 Å². The van der Waals surface area contributed by atoms with Gasteiger partial charge in [-0.1, -0.05) is 12.1 Å². The summed E-state index contributed by atoms with van der Waals surface area (Å²) in [6.07, 6.45) is 1.08. The predicted octanol–water partition coefficient (Wildman–Crippen LogP) is 0.322. The average molecular weight is 313 g/mol. The van der Waals surface area contributed by atoms with E-state index in [9.17, 15) is 18.0 Å². The first-order chi connectivity index (χ1) is 9.36. The minimum atomic E-state index is -4.08. The van der Waals surface area contributed by atoms with Crippen molar-refractivity contribution in [2.24, 2.45) is 5.14 Å². The summed E-state index contributed by atoms with van der Waals surface area (Å²) in [5, 5.41) is 13.8. The number of nitrogens with two attached hydrogens (primary N) is 1. The number of sulfonamides is 1. The molecular weight excluding hydrogens is 302 g/mol. The Bertz CT molecular complexity index is 721. The van der Waals surface area contributed by atoms with Crippen molar-refractivity contribution in [3.8, 4) is 0 Å². The van der Waals surface area contributed by atoms with E-state index in [2.05, 4.69) is 0 Å². The highest BCUT2D eigenvalue weighted by Gasteiger charge is 2.30. The second-order valence-corrected chi connectivity index (χ2v) is 6.66. The minimum absolute atomic E-state index is 0.0180. The molecule has 2 rings (SSSR count). The third kappa shape index (κ3) is 2.68. The van der Waals surface area contributed by atoms with E-state index in [4.69, 9.17) is 10.2 Å². The first kappa shape index (κ1) is 14.9. The van der Waals surface area contributed by atoms with Crippen LogP contribution in [0.15, 0.2) is 34.1 Å². The highest BCUT2D eigenvalue weighted by molar-refractivity contribution is 8.04. The highest BCUT2D eigenvalue weighted by atomic mass is 32.2. The molecule has 0 radical (unpaired) electrons. The summed E-state index contributed by atoms with van der Waals surface area (Å²) in [5.41, 5.74) is -0.169. The van der Waals surface area contributed by atoms with Crippen LogP contribution in [-0.4, -0.2) is 37.5 Å². The van der Waals surface area contributed by atoms with Crippen LogP contribution in [-0.2, 0) is 10.0 Å². The Morgan fingerprint density at radius 1 is 1.25 bits per heavy atom. The Labute approximate surface area is 119 Å². The predicted molar refractivity (Wildman–Crippen MR) is 74.1 cm³/mol. The number of fused-ring (bicyclic) bond motifs is 1. The summed E-state index contributed by atoms with van der Waals surface area (Å²) in [7, 11) is -4.08. The largest absolute Gasteiger partial charge is 0.396 e. The molecule has 0 amide bonds. The summed E-state index contributed by atoms with van der Waals surface area (Å²) < 4.78 is 22.9. The Kier molecular flexibility index (Phi) is 4.09. The lowest BCUT2D eigenvalue weighted by atomic mass is 9.95. The maximum Gasteiger partial charge on any atom is 0.238 e. The fourth-order valence-electron chi connectivity index (χ4n) is 1.86. The van der Waals surface area contributed by atoms with Gasteiger partial charge in [-0.25, -0.2) is 13.6 Å². The number of hydrogen-bond donors (Lipinski definition) is 2. The first-order valence-electron chi connectivity index (χ1n) is 5.56. The molecular formula is C12H11NO5S2. The lowest BCUT2D eigenvalue weighted by molar-refractivity contribution is 0.0989. The smallest absolute Gasteiger partial charge is 0.238 e. The van der Waals surface area contributed by atoms with E-state index in [-0.39, 0.29) is 33.3 Å². The van der Waals surface area contributed by atoms with Crippen molar-refractivity contribution in [1.82, 2.24) is 0 Å². The number of benzene rings is 1. The average Bonchev–Trinajstić information content (AvgIpc) is 2.39. The maximum absolute atomic E-state index is 12.2. The van der Waals surface area contributed by atoms with Crippen LogP contribution in [0.1, 0.15) is 20.7 Å². The molecule has 3 N–H and O–H groups in total. The van der Waals surface area contributed by atoms with Gasteiger partial charge in [0.1, 0.15) is 0 Å². The zero-order chi connectivity index (χ0) is 14.9. The minimum Gasteiger partial charge on any atom is -0.396 e. The monoisotopic (exact) mass is 313 g/mol. The number of rotatable bonds is 4. The van der Waals surface area contributed by atoms with Crippen molar-refractivity contribution in [3.63, 3.8) is 0 Å². The summed E-state index contributed by atoms with van der Waals surface area (Å²) in [6.45, 7) is -0.131. The van der Waals surface area contributed by atoms with Gasteiger partial charge in [0.2, 0.25) is 10.0 Å². The number of hydrogen-bond acceptors (Lipinski definition) is 6. The molecule has 0 atom stereocenters. The summed E-state index contributed by atoms with van der Waals surface area (Å²) in [6, 6.07) is 3.94. The van der Waals surface area contributed by atoms with Gasteiger partial charge in [-0.2, -0.15) is 0 Å². The molecule has 0 aliphatic heterocycles. The molecule has 1 aliphatic carbocycles. The van der Waals surface area contributed by atoms with Crippen LogP contribution < -0.4 is 5.14 Å². The lowest BCUT2D eigenvalue weighted by Crippen LogP contribution is -2.22. The zero-order valence-corrected chi connectivity index (χ0v) is 11.8. The Morgan fingerprint density at radius 2 is 1.95 bits per heavy atom. The summed E-state index contributed by atoms with van der Waals surface area (Å²) in [4.78, 5) is 24.1. The third-order valence-electron chi connectivity index (χ3n) is 2.66. The van der Waals surface area contributed by atoms with Crippen LogP contribution >= 0.6 is 11.8 Å². The molecule has 0 saturated heterocycles. The molecule has 106 valence electrons. The Morgan fingerprint density at radius 3 is 2.55 bits per heavy atom. The number of primary sulfonamides is 1. The molecule has 0 spiro atoms. The van der Waals surface area contributed by atoms with E-state index in [0.29, 0.717) is 0 Å². The fraction of sp³-hybridized carbons (Fsp3) is 0.167. The van der Waals surface area contributed by atoms with Gasteiger partial charge in [0.15, 0.2) is 11.6 Å². The molecule has 0 aromatic heterocycles. The Hall–Kier alpha value is -1.48. The van der Waals surface area contributed by atoms with E-state index in [1.54, 1.807) is 0 Å². The number of carbonyl (C=O) groups is 2. The number of ketones is 2. The van der Waals surface area contributed by atoms with Gasteiger partial charge >= 0.3 is 0 Å². The zero-order valence-electron chi connectivity index (χ0n) is 10.2. The molecule has 1 aromatic carbocycles. The standard InChI is InChI=1S/C12H11NO5S2/c13-20(17,18)10-3-1-2-7-11(10)8(15)6-9(12(7)16)19-5-4-14/h1-3,6,14H,4-5H2,(H2,13,17,18). The van der Waals surface area contributed by atoms with Gasteiger partial charge < -0.3 is 5.11 Å². The molecule has 0 heterocycles. The maximum atomic E-state index is 12.2. The van der Waals surface area contributed by atoms with Gasteiger partial charge in [0.05, 0.1) is 22.0 Å². The Balaban J connectivity index is 2.58. The molecule has 20 heavy (non-hydrogen) atoms. The number of Topliss-reactive ketones (excluding diaryl/α,β-unsaturated/α-hetero) is 1. The number of thioether (sulfide) groups is 1. The molecule has 1 aromatic rings. The highest BCUT2D eigenvalue weighted by Crippen LogP contribution is 2.31. The fourth-order valence-corrected chi connectivity index (χ4v) is 3.37. The van der Waals surface area contributed by atoms with Gasteiger partial charge in [-0.05, 0) is 6.07 Å². The first-order valence-corrected chi connectivity index (χ1v) is 8.09. The van der Waals surface area contributed by atoms with E-state index in [0.717, 1.165) is 17.8 Å². The van der Waals surface area contributed by atoms with E-state index >= 15 is 0 Å². The number of carbonyl (C=O) groups excluding carboxylic acids is 2. The van der Waals surface area contributed by atoms with Crippen molar-refractivity contribution in [2.45, 2.75) is 4.90 Å². The van der Waals surface area contributed by atoms with Crippen molar-refractivity contribution < 1.29 is 23.1 Å². The van der Waals surface area contributed by atoms with Crippen LogP contribution in [0.25, 0.3) is 0 Å². The van der Waals surface area contributed by atoms with Crippen LogP contribution in [0.4, 0.5) is 0 Å². The molecule has 0 fully saturated rings. The van der Waals surface area contributed by atoms with Gasteiger partial charge in [0, 0.05) is 17.4 Å². The number of aliphatic hydroxyl groups is 1. The van der Waals surface area contributed by atoms with Gasteiger partial charge in [-0.3, -0.25) is 9.59 Å². The summed E-state index contributed by atoms with van der Waals surface area (Å²) >= 11 is 1.05. The van der Waals surface area contributed by atoms with Crippen LogP contribution in [0, 0.1) is 0 Å². The van der Waals surface area contributed by atoms with Gasteiger partial charge in [0.25, 0.3) is 0 Å². The van der Waals surface area contributed by atoms with E-state index in [1.807, 2.05) is 0 Å². The lowest BCUT2D eigenvalue weighted by Gasteiger charge is -2.16. The van der Waals surface area contributed by atoms with E-state index in [1.165, 1.54) is 18.2 Å². The molecule has 0 unspecified atom stereocenters. The molecule has 0 saturated carbocycles. The second kappa shape index (κ2) is 5.49. The second-order valence-electron chi connectivity index (χ2n) is 4.00. The van der Waals surface area contributed by atoms with Crippen molar-refractivity contribution in [1.29, 1.82) is 0 Å². The molecule has 0 bridgehead atoms. The quantitative estimate of drug-likeness (QED) is 0.827. The normalized spacial score (nSPS) is 15.0. The summed E-state index contributed by atoms with van der Waals surface area (Å²) in [5.74, 6) is -0.747. The van der Waals surface area contributed by atoms with Crippen LogP contribution in [0.2, 0.25) is 0 Å². The van der Waals surface area contributed by atoms with E-state index < -0.39 is 21.6 Å². The molecule has 8 heteroatoms. The SMILES string of the molecule is NS(=O)(=O)c1cccc2c1C(=O)C=C(SCCO)C2=O. The number of aliphatic hydroxyl groups excluding tert-OH is 1. The van der Waals surface area contributed by atoms with Crippen LogP contribution in [0.5, 0.6) is 0 Å². The van der Waals surface area contributed by atoms with Gasteiger partial charge in [-0.15, -0.1) is 11.8 Å².